The zero-order valence-corrected chi connectivity index (χ0v) is 12.4. The molecule has 0 amide bonds. The van der Waals surface area contributed by atoms with Gasteiger partial charge in [0.1, 0.15) is 0 Å². The van der Waals surface area contributed by atoms with Crippen LogP contribution in [-0.2, 0) is 11.8 Å². The van der Waals surface area contributed by atoms with E-state index in [1.165, 1.54) is 7.11 Å². The van der Waals surface area contributed by atoms with Crippen LogP contribution in [0, 0.1) is 0 Å². The molecule has 0 aliphatic heterocycles. The summed E-state index contributed by atoms with van der Waals surface area (Å²) in [6.07, 6.45) is 0. The maximum atomic E-state index is 12.2. The molecule has 0 aliphatic rings. The third-order valence-electron chi connectivity index (χ3n) is 3.75. The van der Waals surface area contributed by atoms with Crippen LogP contribution < -0.4 is 5.56 Å². The van der Waals surface area contributed by atoms with Gasteiger partial charge in [-0.2, -0.15) is 0 Å². The number of carbonyl (C=O) groups excluding carboxylic acids is 1. The van der Waals surface area contributed by atoms with Gasteiger partial charge >= 0.3 is 5.97 Å². The van der Waals surface area contributed by atoms with Crippen LogP contribution in [0.25, 0.3) is 22.0 Å². The SMILES string of the molecule is COC(=O)c1cccc(-c2cc(=O)n(C)c3ccccc23)c1. The molecule has 0 spiro atoms. The van der Waals surface area contributed by atoms with Crippen LogP contribution in [0.1, 0.15) is 10.4 Å². The van der Waals surface area contributed by atoms with Crippen molar-refractivity contribution in [3.63, 3.8) is 0 Å². The van der Waals surface area contributed by atoms with Crippen molar-refractivity contribution in [3.05, 3.63) is 70.5 Å². The average molecular weight is 293 g/mol. The van der Waals surface area contributed by atoms with Gasteiger partial charge in [-0.1, -0.05) is 30.3 Å². The first kappa shape index (κ1) is 14.1. The van der Waals surface area contributed by atoms with Gasteiger partial charge in [0.15, 0.2) is 0 Å². The lowest BCUT2D eigenvalue weighted by atomic mass is 9.99. The van der Waals surface area contributed by atoms with Gasteiger partial charge in [0.25, 0.3) is 5.56 Å². The lowest BCUT2D eigenvalue weighted by Gasteiger charge is -2.11. The highest BCUT2D eigenvalue weighted by molar-refractivity contribution is 5.97. The zero-order chi connectivity index (χ0) is 15.7. The van der Waals surface area contributed by atoms with E-state index in [4.69, 9.17) is 4.74 Å². The number of hydrogen-bond acceptors (Lipinski definition) is 3. The topological polar surface area (TPSA) is 48.3 Å². The Bertz CT molecular complexity index is 925. The molecule has 110 valence electrons. The molecule has 1 aromatic heterocycles. The molecule has 3 rings (SSSR count). The number of aryl methyl sites for hydroxylation is 1. The number of benzene rings is 2. The Morgan fingerprint density at radius 1 is 1.05 bits per heavy atom. The van der Waals surface area contributed by atoms with Gasteiger partial charge in [-0.25, -0.2) is 4.79 Å². The Balaban J connectivity index is 2.29. The van der Waals surface area contributed by atoms with E-state index in [-0.39, 0.29) is 5.56 Å². The predicted molar refractivity (Wildman–Crippen MR) is 86.0 cm³/mol. The molecule has 0 aliphatic carbocycles. The molecule has 1 heterocycles. The van der Waals surface area contributed by atoms with E-state index in [1.807, 2.05) is 30.3 Å². The summed E-state index contributed by atoms with van der Waals surface area (Å²) in [7, 11) is 3.10. The minimum absolute atomic E-state index is 0.0860. The Hall–Kier alpha value is -2.88. The summed E-state index contributed by atoms with van der Waals surface area (Å²) in [6, 6.07) is 16.4. The second-order valence-electron chi connectivity index (χ2n) is 5.04. The highest BCUT2D eigenvalue weighted by Crippen LogP contribution is 2.27. The Kier molecular flexibility index (Phi) is 3.51. The quantitative estimate of drug-likeness (QED) is 0.682. The van der Waals surface area contributed by atoms with Crippen molar-refractivity contribution in [2.24, 2.45) is 7.05 Å². The molecule has 22 heavy (non-hydrogen) atoms. The van der Waals surface area contributed by atoms with Crippen LogP contribution in [0.15, 0.2) is 59.4 Å². The fraction of sp³-hybridized carbons (Fsp3) is 0.111. The molecule has 0 fully saturated rings. The number of pyridine rings is 1. The first-order valence-corrected chi connectivity index (χ1v) is 6.89. The minimum atomic E-state index is -0.394. The lowest BCUT2D eigenvalue weighted by Crippen LogP contribution is -2.16. The molecule has 0 N–H and O–H groups in total. The Labute approximate surface area is 127 Å². The van der Waals surface area contributed by atoms with E-state index < -0.39 is 5.97 Å². The van der Waals surface area contributed by atoms with Crippen LogP contribution in [0.3, 0.4) is 0 Å². The second kappa shape index (κ2) is 5.48. The maximum Gasteiger partial charge on any atom is 0.337 e. The summed E-state index contributed by atoms with van der Waals surface area (Å²) < 4.78 is 6.37. The van der Waals surface area contributed by atoms with Crippen molar-refractivity contribution in [2.45, 2.75) is 0 Å². The summed E-state index contributed by atoms with van der Waals surface area (Å²) in [5, 5.41) is 0.964. The molecule has 0 bridgehead atoms. The van der Waals surface area contributed by atoms with Gasteiger partial charge in [0.2, 0.25) is 0 Å². The van der Waals surface area contributed by atoms with Gasteiger partial charge in [-0.05, 0) is 29.3 Å². The third-order valence-corrected chi connectivity index (χ3v) is 3.75. The fourth-order valence-corrected chi connectivity index (χ4v) is 2.58. The number of fused-ring (bicyclic) bond motifs is 1. The minimum Gasteiger partial charge on any atom is -0.465 e. The largest absolute Gasteiger partial charge is 0.465 e. The number of rotatable bonds is 2. The van der Waals surface area contributed by atoms with Crippen LogP contribution in [0.4, 0.5) is 0 Å². The van der Waals surface area contributed by atoms with Gasteiger partial charge in [-0.15, -0.1) is 0 Å². The molecular weight excluding hydrogens is 278 g/mol. The summed E-state index contributed by atoms with van der Waals surface area (Å²) in [6.45, 7) is 0. The Morgan fingerprint density at radius 2 is 1.82 bits per heavy atom. The lowest BCUT2D eigenvalue weighted by molar-refractivity contribution is 0.0601. The van der Waals surface area contributed by atoms with Gasteiger partial charge in [0, 0.05) is 18.5 Å². The number of methoxy groups -OCH3 is 1. The molecule has 4 heteroatoms. The average Bonchev–Trinajstić information content (AvgIpc) is 2.57. The summed E-state index contributed by atoms with van der Waals surface area (Å²) in [5.74, 6) is -0.394. The van der Waals surface area contributed by atoms with Gasteiger partial charge in [-0.3, -0.25) is 4.79 Å². The van der Waals surface area contributed by atoms with Crippen LogP contribution in [0.5, 0.6) is 0 Å². The molecular formula is C18H15NO3. The van der Waals surface area contributed by atoms with Crippen molar-refractivity contribution in [3.8, 4) is 11.1 Å². The van der Waals surface area contributed by atoms with E-state index in [1.54, 1.807) is 35.9 Å². The molecule has 0 atom stereocenters. The number of para-hydroxylation sites is 1. The third kappa shape index (κ3) is 2.29. The van der Waals surface area contributed by atoms with Crippen molar-refractivity contribution in [1.29, 1.82) is 0 Å². The summed E-state index contributed by atoms with van der Waals surface area (Å²) in [4.78, 5) is 23.9. The standard InChI is InChI=1S/C18H15NO3/c1-19-16-9-4-3-8-14(16)15(11-17(19)20)12-6-5-7-13(10-12)18(21)22-2/h3-11H,1-2H3. The number of aromatic nitrogens is 1. The van der Waals surface area contributed by atoms with Crippen molar-refractivity contribution >= 4 is 16.9 Å². The zero-order valence-electron chi connectivity index (χ0n) is 12.4. The Morgan fingerprint density at radius 3 is 2.59 bits per heavy atom. The molecule has 0 saturated heterocycles. The van der Waals surface area contributed by atoms with Crippen LogP contribution in [-0.4, -0.2) is 17.6 Å². The monoisotopic (exact) mass is 293 g/mol. The first-order valence-electron chi connectivity index (χ1n) is 6.89. The van der Waals surface area contributed by atoms with E-state index in [0.29, 0.717) is 5.56 Å². The molecule has 4 nitrogen and oxygen atoms in total. The number of esters is 1. The number of hydrogen-bond donors (Lipinski definition) is 0. The number of carbonyl (C=O) groups is 1. The normalized spacial score (nSPS) is 10.6. The summed E-state index contributed by atoms with van der Waals surface area (Å²) >= 11 is 0. The predicted octanol–water partition coefficient (Wildman–Crippen LogP) is 2.99. The molecule has 2 aromatic carbocycles. The highest BCUT2D eigenvalue weighted by Gasteiger charge is 2.11. The highest BCUT2D eigenvalue weighted by atomic mass is 16.5. The van der Waals surface area contributed by atoms with Crippen LogP contribution in [0.2, 0.25) is 0 Å². The van der Waals surface area contributed by atoms with E-state index in [2.05, 4.69) is 0 Å². The fourth-order valence-electron chi connectivity index (χ4n) is 2.58. The molecule has 0 radical (unpaired) electrons. The van der Waals surface area contributed by atoms with Gasteiger partial charge in [0.05, 0.1) is 18.2 Å². The second-order valence-corrected chi connectivity index (χ2v) is 5.04. The number of nitrogens with zero attached hydrogens (tertiary/aromatic N) is 1. The van der Waals surface area contributed by atoms with E-state index in [9.17, 15) is 9.59 Å². The van der Waals surface area contributed by atoms with E-state index in [0.717, 1.165) is 22.0 Å². The van der Waals surface area contributed by atoms with Crippen molar-refractivity contribution < 1.29 is 9.53 Å². The van der Waals surface area contributed by atoms with Gasteiger partial charge < -0.3 is 9.30 Å². The van der Waals surface area contributed by atoms with Crippen molar-refractivity contribution in [1.82, 2.24) is 4.57 Å². The smallest absolute Gasteiger partial charge is 0.337 e. The molecule has 3 aromatic rings. The first-order chi connectivity index (χ1) is 10.6. The van der Waals surface area contributed by atoms with Crippen LogP contribution >= 0.6 is 0 Å². The van der Waals surface area contributed by atoms with Crippen molar-refractivity contribution in [2.75, 3.05) is 7.11 Å². The number of ether oxygens (including phenoxy) is 1. The summed E-state index contributed by atoms with van der Waals surface area (Å²) in [5.41, 5.74) is 2.86. The molecule has 0 unspecified atom stereocenters. The molecule has 0 saturated carbocycles. The maximum absolute atomic E-state index is 12.2. The van der Waals surface area contributed by atoms with E-state index >= 15 is 0 Å².